The third-order valence-electron chi connectivity index (χ3n) is 2.42. The molecule has 0 radical (unpaired) electrons. The molecule has 2 rings (SSSR count). The van der Waals surface area contributed by atoms with Crippen LogP contribution < -0.4 is 4.74 Å². The van der Waals surface area contributed by atoms with Crippen LogP contribution >= 0.6 is 11.3 Å². The van der Waals surface area contributed by atoms with Crippen LogP contribution in [0.4, 0.5) is 0 Å². The lowest BCUT2D eigenvalue weighted by atomic mass is 10.4. The van der Waals surface area contributed by atoms with E-state index < -0.39 is 10.0 Å². The highest BCUT2D eigenvalue weighted by molar-refractivity contribution is 7.91. The van der Waals surface area contributed by atoms with Crippen LogP contribution in [0, 0.1) is 0 Å². The fourth-order valence-corrected chi connectivity index (χ4v) is 4.07. The van der Waals surface area contributed by atoms with E-state index in [0.717, 1.165) is 11.3 Å². The summed E-state index contributed by atoms with van der Waals surface area (Å²) >= 11 is 1.14. The van der Waals surface area contributed by atoms with Gasteiger partial charge in [-0.05, 0) is 23.6 Å². The van der Waals surface area contributed by atoms with Gasteiger partial charge in [0.05, 0.1) is 19.9 Å². The number of hydrogen-bond acceptors (Lipinski definition) is 5. The van der Waals surface area contributed by atoms with Gasteiger partial charge in [-0.2, -0.15) is 4.31 Å². The van der Waals surface area contributed by atoms with Gasteiger partial charge in [0, 0.05) is 7.05 Å². The summed E-state index contributed by atoms with van der Waals surface area (Å²) in [6, 6.07) is 5.09. The molecule has 0 aliphatic heterocycles. The number of rotatable bonds is 5. The molecule has 0 aliphatic rings. The molecule has 98 valence electrons. The molecule has 5 nitrogen and oxygen atoms in total. The first-order valence-corrected chi connectivity index (χ1v) is 7.48. The van der Waals surface area contributed by atoms with E-state index in [0.29, 0.717) is 11.5 Å². The van der Waals surface area contributed by atoms with E-state index in [2.05, 4.69) is 0 Å². The lowest BCUT2D eigenvalue weighted by Crippen LogP contribution is -2.25. The molecule has 0 unspecified atom stereocenters. The Balaban J connectivity index is 2.26. The maximum Gasteiger partial charge on any atom is 0.256 e. The zero-order chi connectivity index (χ0) is 13.2. The molecule has 2 heterocycles. The maximum atomic E-state index is 12.3. The summed E-state index contributed by atoms with van der Waals surface area (Å²) in [5, 5.41) is 1.69. The van der Waals surface area contributed by atoms with Crippen molar-refractivity contribution in [3.8, 4) is 5.75 Å². The van der Waals surface area contributed by atoms with Crippen LogP contribution in [0.15, 0.2) is 38.5 Å². The van der Waals surface area contributed by atoms with Crippen molar-refractivity contribution in [2.45, 2.75) is 10.8 Å². The van der Waals surface area contributed by atoms with Crippen molar-refractivity contribution in [3.63, 3.8) is 0 Å². The molecule has 0 saturated heterocycles. The molecule has 0 amide bonds. The van der Waals surface area contributed by atoms with E-state index in [1.165, 1.54) is 24.7 Å². The molecule has 2 aromatic rings. The van der Waals surface area contributed by atoms with Crippen LogP contribution in [0.3, 0.4) is 0 Å². The highest BCUT2D eigenvalue weighted by atomic mass is 32.2. The number of sulfonamides is 1. The predicted molar refractivity (Wildman–Crippen MR) is 68.2 cm³/mol. The third kappa shape index (κ3) is 2.43. The number of methoxy groups -OCH3 is 1. The van der Waals surface area contributed by atoms with Gasteiger partial charge in [-0.15, -0.1) is 11.3 Å². The van der Waals surface area contributed by atoms with Crippen LogP contribution in [0.5, 0.6) is 5.75 Å². The van der Waals surface area contributed by atoms with Gasteiger partial charge in [0.15, 0.2) is 4.21 Å². The lowest BCUT2D eigenvalue weighted by molar-refractivity contribution is 0.392. The topological polar surface area (TPSA) is 59.8 Å². The summed E-state index contributed by atoms with van der Waals surface area (Å²) in [6.07, 6.45) is 1.52. The van der Waals surface area contributed by atoms with Gasteiger partial charge in [-0.25, -0.2) is 8.42 Å². The summed E-state index contributed by atoms with van der Waals surface area (Å²) in [5.74, 6) is 0.961. The second kappa shape index (κ2) is 5.13. The molecule has 0 aliphatic carbocycles. The zero-order valence-electron chi connectivity index (χ0n) is 9.99. The molecular formula is C11H13NO4S2. The van der Waals surface area contributed by atoms with E-state index >= 15 is 0 Å². The Hall–Kier alpha value is -1.31. The Bertz CT molecular complexity index is 601. The van der Waals surface area contributed by atoms with E-state index in [-0.39, 0.29) is 10.8 Å². The molecule has 18 heavy (non-hydrogen) atoms. The fraction of sp³-hybridized carbons (Fsp3) is 0.273. The van der Waals surface area contributed by atoms with Crippen LogP contribution in [0.2, 0.25) is 0 Å². The van der Waals surface area contributed by atoms with E-state index in [4.69, 9.17) is 9.15 Å². The first-order chi connectivity index (χ1) is 8.55. The minimum Gasteiger partial charge on any atom is -0.494 e. The Morgan fingerprint density at radius 3 is 2.83 bits per heavy atom. The molecule has 0 bridgehead atoms. The lowest BCUT2D eigenvalue weighted by Gasteiger charge is -2.15. The SMILES string of the molecule is COc1ccsc1S(=O)(=O)N(C)Cc1ccco1. The molecule has 0 saturated carbocycles. The standard InChI is InChI=1S/C11H13NO4S2/c1-12(8-9-4-3-6-16-9)18(13,14)11-10(15-2)5-7-17-11/h3-7H,8H2,1-2H3. The van der Waals surface area contributed by atoms with Gasteiger partial charge >= 0.3 is 0 Å². The summed E-state index contributed by atoms with van der Waals surface area (Å²) in [4.78, 5) is 0. The van der Waals surface area contributed by atoms with Gasteiger partial charge < -0.3 is 9.15 Å². The summed E-state index contributed by atoms with van der Waals surface area (Å²) in [7, 11) is -0.585. The van der Waals surface area contributed by atoms with Gasteiger partial charge in [0.2, 0.25) is 0 Å². The van der Waals surface area contributed by atoms with E-state index in [9.17, 15) is 8.42 Å². The summed E-state index contributed by atoms with van der Waals surface area (Å²) < 4.78 is 36.2. The largest absolute Gasteiger partial charge is 0.494 e. The Morgan fingerprint density at radius 1 is 1.44 bits per heavy atom. The number of hydrogen-bond donors (Lipinski definition) is 0. The predicted octanol–water partition coefficient (Wildman–Crippen LogP) is 2.17. The van der Waals surface area contributed by atoms with E-state index in [1.807, 2.05) is 0 Å². The van der Waals surface area contributed by atoms with Crippen molar-refractivity contribution in [3.05, 3.63) is 35.6 Å². The van der Waals surface area contributed by atoms with Gasteiger partial charge in [0.1, 0.15) is 11.5 Å². The Labute approximate surface area is 110 Å². The summed E-state index contributed by atoms with van der Waals surface area (Å²) in [6.45, 7) is 0.191. The third-order valence-corrected chi connectivity index (χ3v) is 5.65. The minimum absolute atomic E-state index is 0.191. The van der Waals surface area contributed by atoms with Crippen LogP contribution in [0.25, 0.3) is 0 Å². The number of ether oxygens (including phenoxy) is 1. The first kappa shape index (κ1) is 13.1. The number of thiophene rings is 1. The smallest absolute Gasteiger partial charge is 0.256 e. The average molecular weight is 287 g/mol. The van der Waals surface area contributed by atoms with Crippen LogP contribution in [0.1, 0.15) is 5.76 Å². The molecule has 0 fully saturated rings. The maximum absolute atomic E-state index is 12.3. The van der Waals surface area contributed by atoms with Gasteiger partial charge in [-0.3, -0.25) is 0 Å². The minimum atomic E-state index is -3.55. The fourth-order valence-electron chi connectivity index (χ4n) is 1.47. The quantitative estimate of drug-likeness (QED) is 0.845. The molecule has 0 aromatic carbocycles. The second-order valence-corrected chi connectivity index (χ2v) is 6.77. The zero-order valence-corrected chi connectivity index (χ0v) is 11.6. The Kier molecular flexibility index (Phi) is 3.74. The van der Waals surface area contributed by atoms with Gasteiger partial charge in [-0.1, -0.05) is 0 Å². The van der Waals surface area contributed by atoms with Crippen molar-refractivity contribution in [1.29, 1.82) is 0 Å². The van der Waals surface area contributed by atoms with Crippen molar-refractivity contribution < 1.29 is 17.6 Å². The van der Waals surface area contributed by atoms with Crippen LogP contribution in [-0.2, 0) is 16.6 Å². The van der Waals surface area contributed by atoms with E-state index in [1.54, 1.807) is 23.6 Å². The van der Waals surface area contributed by atoms with Crippen molar-refractivity contribution >= 4 is 21.4 Å². The molecule has 0 atom stereocenters. The number of furan rings is 1. The molecule has 7 heteroatoms. The molecule has 0 N–H and O–H groups in total. The van der Waals surface area contributed by atoms with Crippen molar-refractivity contribution in [1.82, 2.24) is 4.31 Å². The second-order valence-electron chi connectivity index (χ2n) is 3.62. The summed E-state index contributed by atoms with van der Waals surface area (Å²) in [5.41, 5.74) is 0. The molecular weight excluding hydrogens is 274 g/mol. The van der Waals surface area contributed by atoms with Crippen molar-refractivity contribution in [2.24, 2.45) is 0 Å². The highest BCUT2D eigenvalue weighted by Gasteiger charge is 2.26. The van der Waals surface area contributed by atoms with Crippen LogP contribution in [-0.4, -0.2) is 26.9 Å². The number of nitrogens with zero attached hydrogens (tertiary/aromatic N) is 1. The monoisotopic (exact) mass is 287 g/mol. The normalized spacial score (nSPS) is 11.9. The first-order valence-electron chi connectivity index (χ1n) is 5.16. The average Bonchev–Trinajstić information content (AvgIpc) is 2.98. The highest BCUT2D eigenvalue weighted by Crippen LogP contribution is 2.32. The molecule has 2 aromatic heterocycles. The Morgan fingerprint density at radius 2 is 2.22 bits per heavy atom. The van der Waals surface area contributed by atoms with Crippen molar-refractivity contribution in [2.75, 3.05) is 14.2 Å². The van der Waals surface area contributed by atoms with Gasteiger partial charge in [0.25, 0.3) is 10.0 Å². The molecule has 0 spiro atoms.